The minimum absolute atomic E-state index is 0.110. The molecule has 3 rings (SSSR count). The number of ether oxygens (including phenoxy) is 2. The molecule has 5 heteroatoms. The largest absolute Gasteiger partial charge is 0.492 e. The number of anilines is 1. The average molecular weight is 305 g/mol. The van der Waals surface area contributed by atoms with Crippen molar-refractivity contribution in [3.05, 3.63) is 40.5 Å². The van der Waals surface area contributed by atoms with Gasteiger partial charge in [0.25, 0.3) is 0 Å². The second-order valence-electron chi connectivity index (χ2n) is 5.86. The van der Waals surface area contributed by atoms with Crippen LogP contribution in [0.3, 0.4) is 0 Å². The van der Waals surface area contributed by atoms with E-state index in [9.17, 15) is 0 Å². The number of pyridine rings is 1. The van der Waals surface area contributed by atoms with Crippen LogP contribution in [-0.2, 0) is 5.41 Å². The minimum atomic E-state index is -0.110. The first kappa shape index (κ1) is 14.0. The molecule has 2 aromatic rings. The Morgan fingerprint density at radius 1 is 1.38 bits per heavy atom. The molecule has 1 aromatic heterocycles. The molecule has 0 aliphatic carbocycles. The topological polar surface area (TPSA) is 57.4 Å². The Morgan fingerprint density at radius 2 is 2.14 bits per heavy atom. The molecule has 0 amide bonds. The SMILES string of the molecule is Cc1c(N)cnc(Oc2cccc3c2C(C)(C)CO3)c1Cl. The molecule has 0 saturated carbocycles. The van der Waals surface area contributed by atoms with Crippen molar-refractivity contribution in [2.24, 2.45) is 0 Å². The lowest BCUT2D eigenvalue weighted by atomic mass is 9.86. The van der Waals surface area contributed by atoms with E-state index < -0.39 is 0 Å². The Bertz CT molecular complexity index is 714. The van der Waals surface area contributed by atoms with Crippen LogP contribution >= 0.6 is 11.6 Å². The van der Waals surface area contributed by atoms with Crippen LogP contribution in [0.15, 0.2) is 24.4 Å². The third-order valence-electron chi connectivity index (χ3n) is 3.73. The molecule has 0 fully saturated rings. The molecule has 21 heavy (non-hydrogen) atoms. The van der Waals surface area contributed by atoms with E-state index in [1.54, 1.807) is 6.20 Å². The van der Waals surface area contributed by atoms with Crippen LogP contribution in [0.25, 0.3) is 0 Å². The first-order valence-corrected chi connectivity index (χ1v) is 7.12. The molecular formula is C16H17ClN2O2. The molecule has 2 N–H and O–H groups in total. The van der Waals surface area contributed by atoms with E-state index in [4.69, 9.17) is 26.8 Å². The highest BCUT2D eigenvalue weighted by molar-refractivity contribution is 6.33. The Morgan fingerprint density at radius 3 is 2.90 bits per heavy atom. The maximum absolute atomic E-state index is 6.27. The van der Waals surface area contributed by atoms with E-state index in [0.29, 0.717) is 28.9 Å². The van der Waals surface area contributed by atoms with Crippen molar-refractivity contribution in [2.45, 2.75) is 26.2 Å². The monoisotopic (exact) mass is 304 g/mol. The van der Waals surface area contributed by atoms with Gasteiger partial charge in [-0.05, 0) is 24.6 Å². The van der Waals surface area contributed by atoms with Crippen LogP contribution in [0.1, 0.15) is 25.0 Å². The van der Waals surface area contributed by atoms with Gasteiger partial charge in [-0.3, -0.25) is 0 Å². The van der Waals surface area contributed by atoms with Crippen LogP contribution in [0.2, 0.25) is 5.02 Å². The molecule has 0 saturated heterocycles. The van der Waals surface area contributed by atoms with Gasteiger partial charge in [0.1, 0.15) is 16.5 Å². The lowest BCUT2D eigenvalue weighted by molar-refractivity contribution is 0.290. The number of nitrogens with zero attached hydrogens (tertiary/aromatic N) is 1. The number of hydrogen-bond donors (Lipinski definition) is 1. The van der Waals surface area contributed by atoms with Gasteiger partial charge < -0.3 is 15.2 Å². The predicted octanol–water partition coefficient (Wildman–Crippen LogP) is 4.09. The normalized spacial score (nSPS) is 15.4. The molecule has 1 aromatic carbocycles. The Balaban J connectivity index is 2.05. The number of hydrogen-bond acceptors (Lipinski definition) is 4. The molecule has 1 aliphatic rings. The summed E-state index contributed by atoms with van der Waals surface area (Å²) in [6.07, 6.45) is 1.56. The van der Waals surface area contributed by atoms with Gasteiger partial charge in [0.05, 0.1) is 18.5 Å². The van der Waals surface area contributed by atoms with Crippen molar-refractivity contribution in [1.29, 1.82) is 0 Å². The smallest absolute Gasteiger partial charge is 0.238 e. The van der Waals surface area contributed by atoms with Gasteiger partial charge in [0, 0.05) is 11.0 Å². The molecule has 110 valence electrons. The fraction of sp³-hybridized carbons (Fsp3) is 0.312. The van der Waals surface area contributed by atoms with E-state index in [1.807, 2.05) is 25.1 Å². The number of rotatable bonds is 2. The molecule has 0 spiro atoms. The predicted molar refractivity (Wildman–Crippen MR) is 83.4 cm³/mol. The molecule has 0 radical (unpaired) electrons. The van der Waals surface area contributed by atoms with Gasteiger partial charge in [0.15, 0.2) is 0 Å². The van der Waals surface area contributed by atoms with Crippen molar-refractivity contribution in [2.75, 3.05) is 12.3 Å². The molecule has 0 bridgehead atoms. The summed E-state index contributed by atoms with van der Waals surface area (Å²) >= 11 is 6.27. The second-order valence-corrected chi connectivity index (χ2v) is 6.24. The fourth-order valence-corrected chi connectivity index (χ4v) is 2.65. The standard InChI is InChI=1S/C16H17ClN2O2/c1-9-10(18)7-19-15(14(9)17)21-12-6-4-5-11-13(12)16(2,3)8-20-11/h4-7H,8,18H2,1-3H3. The zero-order valence-electron chi connectivity index (χ0n) is 12.2. The van der Waals surface area contributed by atoms with Crippen molar-refractivity contribution >= 4 is 17.3 Å². The van der Waals surface area contributed by atoms with E-state index in [0.717, 1.165) is 16.9 Å². The molecule has 2 heterocycles. The zero-order chi connectivity index (χ0) is 15.2. The molecule has 4 nitrogen and oxygen atoms in total. The quantitative estimate of drug-likeness (QED) is 0.908. The van der Waals surface area contributed by atoms with Gasteiger partial charge in [-0.2, -0.15) is 0 Å². The van der Waals surface area contributed by atoms with E-state index >= 15 is 0 Å². The minimum Gasteiger partial charge on any atom is -0.492 e. The summed E-state index contributed by atoms with van der Waals surface area (Å²) in [4.78, 5) is 4.19. The zero-order valence-corrected chi connectivity index (χ0v) is 13.0. The van der Waals surface area contributed by atoms with Crippen LogP contribution in [-0.4, -0.2) is 11.6 Å². The maximum Gasteiger partial charge on any atom is 0.238 e. The van der Waals surface area contributed by atoms with Gasteiger partial charge in [-0.15, -0.1) is 0 Å². The summed E-state index contributed by atoms with van der Waals surface area (Å²) in [6.45, 7) is 6.71. The van der Waals surface area contributed by atoms with Crippen LogP contribution in [0.5, 0.6) is 17.4 Å². The highest BCUT2D eigenvalue weighted by atomic mass is 35.5. The van der Waals surface area contributed by atoms with Gasteiger partial charge >= 0.3 is 0 Å². The second kappa shape index (κ2) is 4.81. The summed E-state index contributed by atoms with van der Waals surface area (Å²) in [5, 5.41) is 0.435. The summed E-state index contributed by atoms with van der Waals surface area (Å²) in [6, 6.07) is 5.74. The third-order valence-corrected chi connectivity index (χ3v) is 4.18. The first-order chi connectivity index (χ1) is 9.90. The number of nitrogen functional groups attached to an aromatic ring is 1. The number of fused-ring (bicyclic) bond motifs is 1. The molecular weight excluding hydrogens is 288 g/mol. The maximum atomic E-state index is 6.27. The van der Waals surface area contributed by atoms with Crippen molar-refractivity contribution in [3.8, 4) is 17.4 Å². The number of halogens is 1. The number of nitrogens with two attached hydrogens (primary N) is 1. The number of benzene rings is 1. The molecule has 0 unspecified atom stereocenters. The van der Waals surface area contributed by atoms with Crippen LogP contribution in [0, 0.1) is 6.92 Å². The Labute approximate surface area is 128 Å². The lowest BCUT2D eigenvalue weighted by Gasteiger charge is -2.19. The fourth-order valence-electron chi connectivity index (χ4n) is 2.46. The summed E-state index contributed by atoms with van der Waals surface area (Å²) < 4.78 is 11.7. The third kappa shape index (κ3) is 2.29. The van der Waals surface area contributed by atoms with Gasteiger partial charge in [-0.1, -0.05) is 31.5 Å². The summed E-state index contributed by atoms with van der Waals surface area (Å²) in [5.41, 5.74) is 8.04. The average Bonchev–Trinajstić information content (AvgIpc) is 2.76. The highest BCUT2D eigenvalue weighted by Gasteiger charge is 2.35. The highest BCUT2D eigenvalue weighted by Crippen LogP contribution is 2.46. The van der Waals surface area contributed by atoms with Crippen LogP contribution in [0.4, 0.5) is 5.69 Å². The van der Waals surface area contributed by atoms with Gasteiger partial charge in [-0.25, -0.2) is 4.98 Å². The summed E-state index contributed by atoms with van der Waals surface area (Å²) in [5.74, 6) is 1.92. The van der Waals surface area contributed by atoms with Crippen molar-refractivity contribution in [1.82, 2.24) is 4.98 Å². The summed E-state index contributed by atoms with van der Waals surface area (Å²) in [7, 11) is 0. The van der Waals surface area contributed by atoms with Gasteiger partial charge in [0.2, 0.25) is 5.88 Å². The van der Waals surface area contributed by atoms with Crippen LogP contribution < -0.4 is 15.2 Å². The van der Waals surface area contributed by atoms with Crippen molar-refractivity contribution in [3.63, 3.8) is 0 Å². The Hall–Kier alpha value is -1.94. The lowest BCUT2D eigenvalue weighted by Crippen LogP contribution is -2.19. The van der Waals surface area contributed by atoms with E-state index in [-0.39, 0.29) is 5.41 Å². The first-order valence-electron chi connectivity index (χ1n) is 6.75. The molecule has 0 atom stereocenters. The van der Waals surface area contributed by atoms with E-state index in [2.05, 4.69) is 18.8 Å². The van der Waals surface area contributed by atoms with Crippen molar-refractivity contribution < 1.29 is 9.47 Å². The molecule has 1 aliphatic heterocycles. The number of aromatic nitrogens is 1. The van der Waals surface area contributed by atoms with E-state index in [1.165, 1.54) is 0 Å². The Kier molecular flexibility index (Phi) is 3.21.